The first-order chi connectivity index (χ1) is 17.0. The maximum Gasteiger partial charge on any atom is 0.269 e. The van der Waals surface area contributed by atoms with E-state index in [-0.39, 0.29) is 17.5 Å². The van der Waals surface area contributed by atoms with Crippen LogP contribution in [0.3, 0.4) is 0 Å². The molecule has 4 rings (SSSR count). The Kier molecular flexibility index (Phi) is 7.74. The highest BCUT2D eigenvalue weighted by Gasteiger charge is 2.16. The summed E-state index contributed by atoms with van der Waals surface area (Å²) >= 11 is 1.19. The number of aromatic nitrogens is 3. The Morgan fingerprint density at radius 1 is 0.914 bits per heavy atom. The lowest BCUT2D eigenvalue weighted by Gasteiger charge is -2.12. The number of halogens is 1. The Bertz CT molecular complexity index is 1290. The van der Waals surface area contributed by atoms with Crippen molar-refractivity contribution in [2.75, 3.05) is 11.1 Å². The van der Waals surface area contributed by atoms with Crippen LogP contribution in [0.1, 0.15) is 21.7 Å². The number of carbonyl (C=O) groups is 2. The van der Waals surface area contributed by atoms with E-state index in [4.69, 9.17) is 0 Å². The minimum Gasteiger partial charge on any atom is -0.378 e. The molecule has 0 aliphatic carbocycles. The van der Waals surface area contributed by atoms with Gasteiger partial charge in [-0.15, -0.1) is 10.2 Å². The van der Waals surface area contributed by atoms with Gasteiger partial charge in [-0.3, -0.25) is 25.0 Å². The zero-order chi connectivity index (χ0) is 24.6. The Morgan fingerprint density at radius 3 is 2.34 bits per heavy atom. The molecule has 0 spiro atoms. The first-order valence-electron chi connectivity index (χ1n) is 10.8. The third-order valence-electron chi connectivity index (χ3n) is 4.97. The smallest absolute Gasteiger partial charge is 0.269 e. The first kappa shape index (κ1) is 24.0. The highest BCUT2D eigenvalue weighted by atomic mass is 32.2. The van der Waals surface area contributed by atoms with Gasteiger partial charge < -0.3 is 5.32 Å². The number of benzene rings is 3. The highest BCUT2D eigenvalue weighted by Crippen LogP contribution is 2.22. The molecule has 4 aromatic rings. The van der Waals surface area contributed by atoms with Crippen molar-refractivity contribution in [3.63, 3.8) is 0 Å². The van der Waals surface area contributed by atoms with E-state index in [0.717, 1.165) is 16.9 Å². The van der Waals surface area contributed by atoms with E-state index in [1.54, 1.807) is 24.3 Å². The largest absolute Gasteiger partial charge is 0.378 e. The average molecular weight is 491 g/mol. The fourth-order valence-corrected chi connectivity index (χ4v) is 3.93. The van der Waals surface area contributed by atoms with Crippen LogP contribution in [-0.4, -0.2) is 32.3 Å². The zero-order valence-corrected chi connectivity index (χ0v) is 19.7. The summed E-state index contributed by atoms with van der Waals surface area (Å²) in [4.78, 5) is 24.5. The van der Waals surface area contributed by atoms with Crippen molar-refractivity contribution in [2.24, 2.45) is 0 Å². The van der Waals surface area contributed by atoms with Gasteiger partial charge in [0.25, 0.3) is 5.91 Å². The standard InChI is InChI=1S/C25H23FN6O2S/c1-17-7-9-18(10-8-17)24(34)30-29-23(33)16-35-25-31-28-22(32(25)21-5-3-2-4-6-21)15-27-20-13-11-19(26)12-14-20/h2-14,27H,15-16H2,1H3,(H,29,33)(H,30,34). The molecule has 0 atom stereocenters. The second-order valence-corrected chi connectivity index (χ2v) is 8.53. The predicted octanol–water partition coefficient (Wildman–Crippen LogP) is 3.88. The van der Waals surface area contributed by atoms with Gasteiger partial charge in [-0.1, -0.05) is 47.7 Å². The monoisotopic (exact) mass is 490 g/mol. The summed E-state index contributed by atoms with van der Waals surface area (Å²) in [5, 5.41) is 12.3. The van der Waals surface area contributed by atoms with Gasteiger partial charge in [0.2, 0.25) is 5.91 Å². The van der Waals surface area contributed by atoms with Crippen LogP contribution in [0.5, 0.6) is 0 Å². The van der Waals surface area contributed by atoms with Crippen LogP contribution in [0.4, 0.5) is 10.1 Å². The molecule has 0 saturated heterocycles. The molecule has 0 radical (unpaired) electrons. The number of nitrogens with zero attached hydrogens (tertiary/aromatic N) is 3. The predicted molar refractivity (Wildman–Crippen MR) is 133 cm³/mol. The first-order valence-corrected chi connectivity index (χ1v) is 11.8. The molecule has 0 unspecified atom stereocenters. The second-order valence-electron chi connectivity index (χ2n) is 7.59. The maximum atomic E-state index is 13.2. The maximum absolute atomic E-state index is 13.2. The third kappa shape index (κ3) is 6.45. The van der Waals surface area contributed by atoms with Crippen LogP contribution in [-0.2, 0) is 11.3 Å². The van der Waals surface area contributed by atoms with Crippen LogP contribution in [0.2, 0.25) is 0 Å². The number of hydrogen-bond donors (Lipinski definition) is 3. The van der Waals surface area contributed by atoms with E-state index < -0.39 is 5.91 Å². The number of para-hydroxylation sites is 1. The molecule has 35 heavy (non-hydrogen) atoms. The normalized spacial score (nSPS) is 10.6. The number of hydrogen-bond acceptors (Lipinski definition) is 6. The topological polar surface area (TPSA) is 101 Å². The molecule has 1 aromatic heterocycles. The van der Waals surface area contributed by atoms with Gasteiger partial charge in [0.15, 0.2) is 11.0 Å². The number of hydrazine groups is 1. The van der Waals surface area contributed by atoms with Gasteiger partial charge >= 0.3 is 0 Å². The van der Waals surface area contributed by atoms with E-state index in [0.29, 0.717) is 23.1 Å². The number of carbonyl (C=O) groups excluding carboxylic acids is 2. The van der Waals surface area contributed by atoms with Crippen molar-refractivity contribution >= 4 is 29.3 Å². The van der Waals surface area contributed by atoms with Crippen molar-refractivity contribution in [3.05, 3.63) is 102 Å². The summed E-state index contributed by atoms with van der Waals surface area (Å²) in [5.74, 6) is -0.454. The van der Waals surface area contributed by atoms with E-state index in [9.17, 15) is 14.0 Å². The molecule has 2 amide bonds. The van der Waals surface area contributed by atoms with Gasteiger partial charge in [-0.2, -0.15) is 0 Å². The highest BCUT2D eigenvalue weighted by molar-refractivity contribution is 7.99. The molecule has 0 aliphatic heterocycles. The fourth-order valence-electron chi connectivity index (χ4n) is 3.16. The van der Waals surface area contributed by atoms with Gasteiger partial charge in [0.1, 0.15) is 5.82 Å². The molecular weight excluding hydrogens is 467 g/mol. The van der Waals surface area contributed by atoms with Crippen LogP contribution in [0.15, 0.2) is 84.0 Å². The number of rotatable bonds is 8. The summed E-state index contributed by atoms with van der Waals surface area (Å²) in [6.45, 7) is 2.27. The van der Waals surface area contributed by atoms with Crippen molar-refractivity contribution in [2.45, 2.75) is 18.6 Å². The molecular formula is C25H23FN6O2S. The lowest BCUT2D eigenvalue weighted by molar-refractivity contribution is -0.119. The third-order valence-corrected chi connectivity index (χ3v) is 5.90. The van der Waals surface area contributed by atoms with E-state index in [1.807, 2.05) is 54.0 Å². The molecule has 3 aromatic carbocycles. The van der Waals surface area contributed by atoms with Crippen LogP contribution in [0.25, 0.3) is 5.69 Å². The molecule has 0 aliphatic rings. The Balaban J connectivity index is 1.40. The number of nitrogens with one attached hydrogen (secondary N) is 3. The van der Waals surface area contributed by atoms with Crippen molar-refractivity contribution < 1.29 is 14.0 Å². The molecule has 10 heteroatoms. The van der Waals surface area contributed by atoms with E-state index >= 15 is 0 Å². The summed E-state index contributed by atoms with van der Waals surface area (Å²) in [6, 6.07) is 22.6. The van der Waals surface area contributed by atoms with Gasteiger partial charge in [0, 0.05) is 16.9 Å². The quantitative estimate of drug-likeness (QED) is 0.256. The Labute approximate surface area is 205 Å². The fraction of sp³-hybridized carbons (Fsp3) is 0.120. The van der Waals surface area contributed by atoms with E-state index in [2.05, 4.69) is 26.4 Å². The van der Waals surface area contributed by atoms with E-state index in [1.165, 1.54) is 23.9 Å². The van der Waals surface area contributed by atoms with Gasteiger partial charge in [0.05, 0.1) is 12.3 Å². The summed E-state index contributed by atoms with van der Waals surface area (Å²) in [6.07, 6.45) is 0. The molecule has 3 N–H and O–H groups in total. The minimum atomic E-state index is -0.398. The molecule has 178 valence electrons. The summed E-state index contributed by atoms with van der Waals surface area (Å²) in [5.41, 5.74) is 7.91. The number of thioether (sulfide) groups is 1. The molecule has 0 fully saturated rings. The van der Waals surface area contributed by atoms with Crippen LogP contribution in [0, 0.1) is 12.7 Å². The zero-order valence-electron chi connectivity index (χ0n) is 18.9. The average Bonchev–Trinajstić information content (AvgIpc) is 3.29. The van der Waals surface area contributed by atoms with Gasteiger partial charge in [-0.05, 0) is 55.5 Å². The molecule has 8 nitrogen and oxygen atoms in total. The Morgan fingerprint density at radius 2 is 1.63 bits per heavy atom. The van der Waals surface area contributed by atoms with Crippen LogP contribution >= 0.6 is 11.8 Å². The molecule has 1 heterocycles. The number of anilines is 1. The Hall–Kier alpha value is -4.18. The summed E-state index contributed by atoms with van der Waals surface area (Å²) in [7, 11) is 0. The SMILES string of the molecule is Cc1ccc(C(=O)NNC(=O)CSc2nnc(CNc3ccc(F)cc3)n2-c2ccccc2)cc1. The minimum absolute atomic E-state index is 0.0184. The van der Waals surface area contributed by atoms with Crippen LogP contribution < -0.4 is 16.2 Å². The molecule has 0 saturated carbocycles. The second kappa shape index (κ2) is 11.3. The summed E-state index contributed by atoms with van der Waals surface area (Å²) < 4.78 is 15.0. The van der Waals surface area contributed by atoms with Crippen molar-refractivity contribution in [1.29, 1.82) is 0 Å². The lowest BCUT2D eigenvalue weighted by atomic mass is 10.1. The lowest BCUT2D eigenvalue weighted by Crippen LogP contribution is -2.42. The number of aryl methyl sites for hydroxylation is 1. The van der Waals surface area contributed by atoms with Crippen molar-refractivity contribution in [1.82, 2.24) is 25.6 Å². The number of amides is 2. The van der Waals surface area contributed by atoms with Crippen molar-refractivity contribution in [3.8, 4) is 5.69 Å². The van der Waals surface area contributed by atoms with Gasteiger partial charge in [-0.25, -0.2) is 4.39 Å². The molecule has 0 bridgehead atoms.